The summed E-state index contributed by atoms with van der Waals surface area (Å²) in [5, 5.41) is 4.47. The van der Waals surface area contributed by atoms with Gasteiger partial charge in [-0.3, -0.25) is 4.79 Å². The molecule has 1 fully saturated rings. The molecule has 32 heavy (non-hydrogen) atoms. The van der Waals surface area contributed by atoms with Crippen molar-refractivity contribution >= 4 is 44.3 Å². The Morgan fingerprint density at radius 3 is 2.47 bits per heavy atom. The first kappa shape index (κ1) is 22.8. The van der Waals surface area contributed by atoms with Crippen LogP contribution < -0.4 is 5.32 Å². The van der Waals surface area contributed by atoms with Gasteiger partial charge in [-0.1, -0.05) is 49.4 Å². The van der Waals surface area contributed by atoms with Crippen LogP contribution in [0.15, 0.2) is 70.6 Å². The summed E-state index contributed by atoms with van der Waals surface area (Å²) >= 11 is 1.43. The lowest BCUT2D eigenvalue weighted by Gasteiger charge is -2.25. The molecule has 1 N–H and O–H groups in total. The third-order valence-corrected chi connectivity index (χ3v) is 8.79. The van der Waals surface area contributed by atoms with E-state index in [9.17, 15) is 13.2 Å². The average Bonchev–Trinajstić information content (AvgIpc) is 2.83. The van der Waals surface area contributed by atoms with Gasteiger partial charge in [-0.25, -0.2) is 13.4 Å². The lowest BCUT2D eigenvalue weighted by molar-refractivity contribution is -0.115. The van der Waals surface area contributed by atoms with Crippen molar-refractivity contribution in [2.24, 2.45) is 0 Å². The number of nitrogens with zero attached hydrogens (tertiary/aromatic N) is 2. The molecule has 4 rings (SSSR count). The maximum absolute atomic E-state index is 12.9. The lowest BCUT2D eigenvalue weighted by Crippen LogP contribution is -2.35. The minimum absolute atomic E-state index is 0.126. The first-order valence-corrected chi connectivity index (χ1v) is 13.2. The number of para-hydroxylation sites is 1. The number of sulfonamides is 1. The van der Waals surface area contributed by atoms with E-state index in [1.165, 1.54) is 11.8 Å². The Labute approximate surface area is 193 Å². The number of carbonyl (C=O) groups excluding carboxylic acids is 1. The Balaban J connectivity index is 1.42. The number of benzene rings is 2. The number of hydrogen-bond acceptors (Lipinski definition) is 5. The monoisotopic (exact) mass is 469 g/mol. The second kappa shape index (κ2) is 10.0. The molecule has 1 aliphatic heterocycles. The van der Waals surface area contributed by atoms with Gasteiger partial charge in [0.25, 0.3) is 0 Å². The Bertz CT molecular complexity index is 1190. The summed E-state index contributed by atoms with van der Waals surface area (Å²) in [6.07, 6.45) is 3.51. The van der Waals surface area contributed by atoms with Gasteiger partial charge in [0.1, 0.15) is 0 Å². The summed E-state index contributed by atoms with van der Waals surface area (Å²) in [7, 11) is -3.48. The molecule has 0 saturated carbocycles. The van der Waals surface area contributed by atoms with E-state index in [0.717, 1.165) is 35.2 Å². The highest BCUT2D eigenvalue weighted by Gasteiger charge is 2.26. The van der Waals surface area contributed by atoms with Crippen LogP contribution in [0.4, 0.5) is 5.69 Å². The third-order valence-electron chi connectivity index (χ3n) is 5.57. The SMILES string of the molecule is CCC(Sc1ccc2ccccc2n1)C(=O)Nc1ccc(S(=O)(=O)N2CCCCC2)cc1. The predicted molar refractivity (Wildman–Crippen MR) is 129 cm³/mol. The molecule has 168 valence electrons. The second-order valence-electron chi connectivity index (χ2n) is 7.84. The van der Waals surface area contributed by atoms with Crippen molar-refractivity contribution in [3.8, 4) is 0 Å². The van der Waals surface area contributed by atoms with E-state index in [2.05, 4.69) is 10.3 Å². The molecule has 1 amide bonds. The van der Waals surface area contributed by atoms with Gasteiger partial charge in [-0.05, 0) is 55.7 Å². The number of anilines is 1. The maximum Gasteiger partial charge on any atom is 0.243 e. The van der Waals surface area contributed by atoms with E-state index >= 15 is 0 Å². The fourth-order valence-electron chi connectivity index (χ4n) is 3.77. The van der Waals surface area contributed by atoms with Gasteiger partial charge in [-0.2, -0.15) is 4.31 Å². The Morgan fingerprint density at radius 1 is 1.03 bits per heavy atom. The molecule has 8 heteroatoms. The molecule has 0 aliphatic carbocycles. The van der Waals surface area contributed by atoms with Gasteiger partial charge in [0, 0.05) is 24.2 Å². The zero-order valence-corrected chi connectivity index (χ0v) is 19.7. The fraction of sp³-hybridized carbons (Fsp3) is 0.333. The molecular weight excluding hydrogens is 442 g/mol. The van der Waals surface area contributed by atoms with Crippen molar-refractivity contribution in [2.75, 3.05) is 18.4 Å². The molecule has 3 aromatic rings. The van der Waals surface area contributed by atoms with Gasteiger partial charge in [0.05, 0.1) is 20.7 Å². The van der Waals surface area contributed by atoms with E-state index in [1.807, 2.05) is 43.3 Å². The van der Waals surface area contributed by atoms with E-state index in [-0.39, 0.29) is 16.1 Å². The quantitative estimate of drug-likeness (QED) is 0.497. The molecule has 6 nitrogen and oxygen atoms in total. The topological polar surface area (TPSA) is 79.4 Å². The maximum atomic E-state index is 12.9. The van der Waals surface area contributed by atoms with Crippen LogP contribution in [0.3, 0.4) is 0 Å². The largest absolute Gasteiger partial charge is 0.325 e. The molecule has 1 unspecified atom stereocenters. The smallest absolute Gasteiger partial charge is 0.243 e. The number of rotatable bonds is 7. The molecule has 2 aromatic carbocycles. The van der Waals surface area contributed by atoms with Crippen LogP contribution in [0.2, 0.25) is 0 Å². The summed E-state index contributed by atoms with van der Waals surface area (Å²) in [5.74, 6) is -0.126. The number of fused-ring (bicyclic) bond motifs is 1. The molecule has 0 bridgehead atoms. The van der Waals surface area contributed by atoms with Gasteiger partial charge in [0.2, 0.25) is 15.9 Å². The van der Waals surface area contributed by atoms with Gasteiger partial charge in [-0.15, -0.1) is 0 Å². The number of aromatic nitrogens is 1. The van der Waals surface area contributed by atoms with E-state index in [4.69, 9.17) is 0 Å². The molecule has 1 aliphatic rings. The standard InChI is InChI=1S/C24H27N3O3S2/c1-2-22(31-23-15-10-18-8-4-5-9-21(18)26-23)24(28)25-19-11-13-20(14-12-19)32(29,30)27-16-6-3-7-17-27/h4-5,8-15,22H,2-3,6-7,16-17H2,1H3,(H,25,28). The Hall–Kier alpha value is -2.42. The van der Waals surface area contributed by atoms with Crippen molar-refractivity contribution in [3.63, 3.8) is 0 Å². The minimum Gasteiger partial charge on any atom is -0.325 e. The average molecular weight is 470 g/mol. The van der Waals surface area contributed by atoms with E-state index < -0.39 is 10.0 Å². The van der Waals surface area contributed by atoms with Crippen LogP contribution in [0.5, 0.6) is 0 Å². The molecule has 0 spiro atoms. The summed E-state index contributed by atoms with van der Waals surface area (Å²) in [6.45, 7) is 3.10. The zero-order chi connectivity index (χ0) is 22.6. The third kappa shape index (κ3) is 5.14. The van der Waals surface area contributed by atoms with Crippen LogP contribution in [-0.4, -0.2) is 42.0 Å². The van der Waals surface area contributed by atoms with Crippen LogP contribution in [-0.2, 0) is 14.8 Å². The van der Waals surface area contributed by atoms with Gasteiger partial charge >= 0.3 is 0 Å². The van der Waals surface area contributed by atoms with Crippen molar-refractivity contribution in [1.29, 1.82) is 0 Å². The highest BCUT2D eigenvalue weighted by Crippen LogP contribution is 2.27. The molecule has 0 radical (unpaired) electrons. The second-order valence-corrected chi connectivity index (χ2v) is 11.0. The number of carbonyl (C=O) groups is 1. The zero-order valence-electron chi connectivity index (χ0n) is 18.0. The Kier molecular flexibility index (Phi) is 7.13. The number of amides is 1. The van der Waals surface area contributed by atoms with Crippen molar-refractivity contribution in [3.05, 3.63) is 60.7 Å². The highest BCUT2D eigenvalue weighted by atomic mass is 32.2. The highest BCUT2D eigenvalue weighted by molar-refractivity contribution is 8.00. The Morgan fingerprint density at radius 2 is 1.75 bits per heavy atom. The van der Waals surface area contributed by atoms with Crippen LogP contribution in [0.1, 0.15) is 32.6 Å². The van der Waals surface area contributed by atoms with Gasteiger partial charge in [0.15, 0.2) is 0 Å². The molecule has 1 aromatic heterocycles. The number of piperidine rings is 1. The van der Waals surface area contributed by atoms with Crippen LogP contribution in [0, 0.1) is 0 Å². The predicted octanol–water partition coefficient (Wildman–Crippen LogP) is 4.92. The van der Waals surface area contributed by atoms with Gasteiger partial charge < -0.3 is 5.32 Å². The van der Waals surface area contributed by atoms with Crippen LogP contribution in [0.25, 0.3) is 10.9 Å². The van der Waals surface area contributed by atoms with Crippen LogP contribution >= 0.6 is 11.8 Å². The molecular formula is C24H27N3O3S2. The fourth-order valence-corrected chi connectivity index (χ4v) is 6.21. The van der Waals surface area contributed by atoms with Crippen molar-refractivity contribution in [2.45, 2.75) is 47.8 Å². The normalized spacial score (nSPS) is 16.0. The van der Waals surface area contributed by atoms with E-state index in [0.29, 0.717) is 25.2 Å². The summed E-state index contributed by atoms with van der Waals surface area (Å²) in [5.41, 5.74) is 1.48. The lowest BCUT2D eigenvalue weighted by atomic mass is 10.2. The summed E-state index contributed by atoms with van der Waals surface area (Å²) < 4.78 is 27.1. The first-order chi connectivity index (χ1) is 15.5. The molecule has 1 atom stereocenters. The number of pyridine rings is 1. The van der Waals surface area contributed by atoms with E-state index in [1.54, 1.807) is 28.6 Å². The summed E-state index contributed by atoms with van der Waals surface area (Å²) in [6, 6.07) is 18.3. The first-order valence-electron chi connectivity index (χ1n) is 10.9. The number of nitrogens with one attached hydrogen (secondary N) is 1. The minimum atomic E-state index is -3.48. The molecule has 1 saturated heterocycles. The number of hydrogen-bond donors (Lipinski definition) is 1. The molecule has 2 heterocycles. The number of thioether (sulfide) groups is 1. The summed E-state index contributed by atoms with van der Waals surface area (Å²) in [4.78, 5) is 17.8. The van der Waals surface area contributed by atoms with Crippen molar-refractivity contribution < 1.29 is 13.2 Å². The van der Waals surface area contributed by atoms with Crippen molar-refractivity contribution in [1.82, 2.24) is 9.29 Å².